The third-order valence-corrected chi connectivity index (χ3v) is 3.52. The summed E-state index contributed by atoms with van der Waals surface area (Å²) in [6, 6.07) is 4.00. The predicted octanol–water partition coefficient (Wildman–Crippen LogP) is 2.89. The van der Waals surface area contributed by atoms with Crippen molar-refractivity contribution >= 4 is 11.6 Å². The maximum atomic E-state index is 12.9. The van der Waals surface area contributed by atoms with E-state index in [0.717, 1.165) is 6.42 Å². The molecule has 0 amide bonds. The average Bonchev–Trinajstić information content (AvgIpc) is 2.27. The molecule has 0 saturated heterocycles. The van der Waals surface area contributed by atoms with Crippen molar-refractivity contribution in [1.82, 2.24) is 0 Å². The molecule has 0 saturated carbocycles. The first-order valence-electron chi connectivity index (χ1n) is 5.27. The number of aliphatic hydroxyl groups excluding tert-OH is 1. The molecule has 0 aliphatic carbocycles. The first kappa shape index (κ1) is 13.4. The van der Waals surface area contributed by atoms with E-state index in [1.165, 1.54) is 18.2 Å². The number of benzene rings is 1. The van der Waals surface area contributed by atoms with E-state index in [0.29, 0.717) is 12.1 Å². The van der Waals surface area contributed by atoms with Gasteiger partial charge in [0.25, 0.3) is 0 Å². The Bertz CT molecular complexity index is 366. The second-order valence-corrected chi connectivity index (χ2v) is 4.69. The highest BCUT2D eigenvalue weighted by Gasteiger charge is 2.32. The van der Waals surface area contributed by atoms with Crippen molar-refractivity contribution in [2.45, 2.75) is 26.4 Å². The average molecular weight is 246 g/mol. The minimum absolute atomic E-state index is 0.237. The van der Waals surface area contributed by atoms with E-state index >= 15 is 0 Å². The smallest absolute Gasteiger partial charge is 0.124 e. The number of hydrogen-bond acceptors (Lipinski definition) is 2. The van der Waals surface area contributed by atoms with Gasteiger partial charge in [0.1, 0.15) is 5.82 Å². The molecule has 2 nitrogen and oxygen atoms in total. The van der Waals surface area contributed by atoms with Gasteiger partial charge in [-0.05, 0) is 24.1 Å². The van der Waals surface area contributed by atoms with Gasteiger partial charge in [-0.3, -0.25) is 0 Å². The van der Waals surface area contributed by atoms with Gasteiger partial charge in [-0.2, -0.15) is 0 Å². The van der Waals surface area contributed by atoms with E-state index in [-0.39, 0.29) is 5.02 Å². The highest BCUT2D eigenvalue weighted by molar-refractivity contribution is 6.31. The molecule has 0 radical (unpaired) electrons. The molecule has 0 bridgehead atoms. The number of nitrogens with two attached hydrogens (primary N) is 1. The van der Waals surface area contributed by atoms with Crippen LogP contribution in [0.3, 0.4) is 0 Å². The maximum Gasteiger partial charge on any atom is 0.124 e. The van der Waals surface area contributed by atoms with Gasteiger partial charge in [0.15, 0.2) is 0 Å². The molecule has 4 heteroatoms. The molecule has 1 aromatic carbocycles. The van der Waals surface area contributed by atoms with Crippen LogP contribution in [0.5, 0.6) is 0 Å². The zero-order chi connectivity index (χ0) is 12.3. The molecule has 0 heterocycles. The van der Waals surface area contributed by atoms with Gasteiger partial charge >= 0.3 is 0 Å². The Hall–Kier alpha value is -0.640. The molecule has 2 atom stereocenters. The van der Waals surface area contributed by atoms with Crippen molar-refractivity contribution in [1.29, 1.82) is 0 Å². The fraction of sp³-hybridized carbons (Fsp3) is 0.500. The van der Waals surface area contributed by atoms with E-state index in [1.54, 1.807) is 0 Å². The summed E-state index contributed by atoms with van der Waals surface area (Å²) in [5.74, 6) is -0.410. The quantitative estimate of drug-likeness (QED) is 0.857. The van der Waals surface area contributed by atoms with Crippen molar-refractivity contribution < 1.29 is 9.50 Å². The minimum atomic E-state index is -0.782. The topological polar surface area (TPSA) is 46.2 Å². The first-order valence-corrected chi connectivity index (χ1v) is 5.65. The molecule has 0 aliphatic rings. The molecule has 1 aromatic rings. The van der Waals surface area contributed by atoms with Crippen LogP contribution in [-0.4, -0.2) is 11.7 Å². The van der Waals surface area contributed by atoms with E-state index in [2.05, 4.69) is 0 Å². The standard InChI is InChI=1S/C12H17ClFNO/c1-3-12(2,7-15)11(16)9-5-4-8(14)6-10(9)13/h4-6,11,16H,3,7,15H2,1-2H3. The lowest BCUT2D eigenvalue weighted by Gasteiger charge is -2.32. The molecule has 1 rings (SSSR count). The molecule has 0 aromatic heterocycles. The largest absolute Gasteiger partial charge is 0.388 e. The van der Waals surface area contributed by atoms with Crippen LogP contribution in [0.25, 0.3) is 0 Å². The summed E-state index contributed by atoms with van der Waals surface area (Å²) < 4.78 is 12.9. The van der Waals surface area contributed by atoms with E-state index in [9.17, 15) is 9.50 Å². The summed E-state index contributed by atoms with van der Waals surface area (Å²) in [6.45, 7) is 4.18. The number of halogens is 2. The van der Waals surface area contributed by atoms with Gasteiger partial charge < -0.3 is 10.8 Å². The maximum absolute atomic E-state index is 12.9. The minimum Gasteiger partial charge on any atom is -0.388 e. The monoisotopic (exact) mass is 245 g/mol. The van der Waals surface area contributed by atoms with Crippen LogP contribution in [0.4, 0.5) is 4.39 Å². The summed E-state index contributed by atoms with van der Waals surface area (Å²) >= 11 is 5.90. The third-order valence-electron chi connectivity index (χ3n) is 3.19. The predicted molar refractivity (Wildman–Crippen MR) is 63.8 cm³/mol. The highest BCUT2D eigenvalue weighted by atomic mass is 35.5. The third kappa shape index (κ3) is 2.54. The first-order chi connectivity index (χ1) is 7.44. The fourth-order valence-corrected chi connectivity index (χ4v) is 1.82. The van der Waals surface area contributed by atoms with Crippen LogP contribution < -0.4 is 5.73 Å². The van der Waals surface area contributed by atoms with Crippen LogP contribution in [0.2, 0.25) is 5.02 Å². The van der Waals surface area contributed by atoms with Crippen molar-refractivity contribution in [3.05, 3.63) is 34.6 Å². The molecule has 3 N–H and O–H groups in total. The van der Waals surface area contributed by atoms with Gasteiger partial charge in [0.2, 0.25) is 0 Å². The summed E-state index contributed by atoms with van der Waals surface area (Å²) in [5.41, 5.74) is 5.74. The molecule has 0 fully saturated rings. The molecule has 0 aliphatic heterocycles. The zero-order valence-corrected chi connectivity index (χ0v) is 10.3. The Morgan fingerprint density at radius 3 is 2.62 bits per heavy atom. The van der Waals surface area contributed by atoms with Gasteiger partial charge in [0, 0.05) is 17.0 Å². The Labute approximate surface area is 100 Å². The second-order valence-electron chi connectivity index (χ2n) is 4.28. The fourth-order valence-electron chi connectivity index (χ4n) is 1.55. The van der Waals surface area contributed by atoms with Crippen LogP contribution >= 0.6 is 11.6 Å². The van der Waals surface area contributed by atoms with Crippen molar-refractivity contribution in [2.75, 3.05) is 6.54 Å². The van der Waals surface area contributed by atoms with E-state index in [4.69, 9.17) is 17.3 Å². The van der Waals surface area contributed by atoms with Crippen molar-refractivity contribution in [3.63, 3.8) is 0 Å². The number of hydrogen-bond donors (Lipinski definition) is 2. The van der Waals surface area contributed by atoms with Crippen LogP contribution in [0, 0.1) is 11.2 Å². The number of aliphatic hydroxyl groups is 1. The summed E-state index contributed by atoms with van der Waals surface area (Å²) in [6.07, 6.45) is -0.0612. The summed E-state index contributed by atoms with van der Waals surface area (Å²) in [5, 5.41) is 10.5. The molecular weight excluding hydrogens is 229 g/mol. The molecule has 0 spiro atoms. The Morgan fingerprint density at radius 2 is 2.19 bits per heavy atom. The molecule has 90 valence electrons. The Morgan fingerprint density at radius 1 is 1.56 bits per heavy atom. The summed E-state index contributed by atoms with van der Waals surface area (Å²) in [4.78, 5) is 0. The van der Waals surface area contributed by atoms with Gasteiger partial charge in [0.05, 0.1) is 6.10 Å². The lowest BCUT2D eigenvalue weighted by atomic mass is 9.78. The van der Waals surface area contributed by atoms with Crippen LogP contribution in [-0.2, 0) is 0 Å². The van der Waals surface area contributed by atoms with Gasteiger partial charge in [-0.1, -0.05) is 31.5 Å². The Balaban J connectivity index is 3.08. The lowest BCUT2D eigenvalue weighted by molar-refractivity contribution is 0.0392. The Kier molecular flexibility index (Phi) is 4.30. The summed E-state index contributed by atoms with van der Waals surface area (Å²) in [7, 11) is 0. The molecular formula is C12H17ClFNO. The highest BCUT2D eigenvalue weighted by Crippen LogP contribution is 2.38. The van der Waals surface area contributed by atoms with Crippen molar-refractivity contribution in [2.24, 2.45) is 11.1 Å². The lowest BCUT2D eigenvalue weighted by Crippen LogP contribution is -2.33. The van der Waals surface area contributed by atoms with E-state index in [1.807, 2.05) is 13.8 Å². The van der Waals surface area contributed by atoms with Crippen LogP contribution in [0.15, 0.2) is 18.2 Å². The zero-order valence-electron chi connectivity index (χ0n) is 9.50. The van der Waals surface area contributed by atoms with Crippen molar-refractivity contribution in [3.8, 4) is 0 Å². The second kappa shape index (κ2) is 5.13. The van der Waals surface area contributed by atoms with Crippen LogP contribution in [0.1, 0.15) is 31.9 Å². The number of rotatable bonds is 4. The molecule has 16 heavy (non-hydrogen) atoms. The van der Waals surface area contributed by atoms with E-state index < -0.39 is 17.3 Å². The van der Waals surface area contributed by atoms with Gasteiger partial charge in [-0.25, -0.2) is 4.39 Å². The normalized spacial score (nSPS) is 16.9. The van der Waals surface area contributed by atoms with Gasteiger partial charge in [-0.15, -0.1) is 0 Å². The SMILES string of the molecule is CCC(C)(CN)C(O)c1ccc(F)cc1Cl. The molecule has 2 unspecified atom stereocenters.